The van der Waals surface area contributed by atoms with Gasteiger partial charge in [0, 0.05) is 0 Å². The van der Waals surface area contributed by atoms with Crippen molar-refractivity contribution in [3.63, 3.8) is 0 Å². The molecule has 1 aliphatic heterocycles. The molecule has 0 N–H and O–H groups in total. The second-order valence-electron chi connectivity index (χ2n) is 12.8. The summed E-state index contributed by atoms with van der Waals surface area (Å²) >= 11 is 1.68. The standard InChI is InChI=1S/C21H50NO5PSSi4/c1-15(24-30(3,4)5)16(22-28)17-18(25-31(6,7)8)19(26-32(9,10)11)20(21(23-17)29-2)27-33(12,13)14/h15-21,28H,1-14H3/t15-,16-,17-,18+,19-,20-,21-/m1/s1. The predicted molar refractivity (Wildman–Crippen MR) is 155 cm³/mol. The molecule has 0 aromatic carbocycles. The predicted octanol–water partition coefficient (Wildman–Crippen LogP) is 6.67. The second-order valence-corrected chi connectivity index (χ2v) is 31.9. The molecule has 196 valence electrons. The fourth-order valence-corrected chi connectivity index (χ4v) is 9.66. The molecule has 0 saturated carbocycles. The number of nitrogens with zero attached hydrogens (tertiary/aromatic N) is 1. The van der Waals surface area contributed by atoms with Crippen molar-refractivity contribution in [2.24, 2.45) is 4.74 Å². The van der Waals surface area contributed by atoms with Crippen molar-refractivity contribution in [1.82, 2.24) is 0 Å². The van der Waals surface area contributed by atoms with Crippen molar-refractivity contribution < 1.29 is 22.4 Å². The van der Waals surface area contributed by atoms with Crippen LogP contribution in [0.1, 0.15) is 6.92 Å². The molecule has 0 unspecified atom stereocenters. The molecule has 1 rings (SSSR count). The van der Waals surface area contributed by atoms with Crippen LogP contribution < -0.4 is 0 Å². The molecule has 0 bridgehead atoms. The molecule has 1 fully saturated rings. The lowest BCUT2D eigenvalue weighted by Crippen LogP contribution is -2.67. The fourth-order valence-electron chi connectivity index (χ4n) is 3.99. The molecular weight excluding hydrogens is 522 g/mol. The van der Waals surface area contributed by atoms with Crippen molar-refractivity contribution >= 4 is 54.1 Å². The van der Waals surface area contributed by atoms with Crippen LogP contribution in [0.3, 0.4) is 0 Å². The Balaban J connectivity index is 3.57. The number of rotatable bonds is 12. The molecular formula is C21H50NO5PSSi4. The lowest BCUT2D eigenvalue weighted by molar-refractivity contribution is -0.191. The van der Waals surface area contributed by atoms with Gasteiger partial charge in [-0.1, -0.05) is 0 Å². The van der Waals surface area contributed by atoms with Gasteiger partial charge in [0.1, 0.15) is 35.9 Å². The number of hydrogen-bond donors (Lipinski definition) is 0. The molecule has 12 heteroatoms. The Hall–Kier alpha value is 1.12. The Kier molecular flexibility index (Phi) is 11.8. The third-order valence-corrected chi connectivity index (χ3v) is 9.90. The average Bonchev–Trinajstić information content (AvgIpc) is 2.55. The molecule has 0 radical (unpaired) electrons. The van der Waals surface area contributed by atoms with E-state index in [1.54, 1.807) is 11.8 Å². The van der Waals surface area contributed by atoms with Gasteiger partial charge in [-0.3, -0.25) is 4.74 Å². The normalized spacial score (nSPS) is 29.6. The monoisotopic (exact) mass is 571 g/mol. The SMILES string of the molecule is CS[C@H]1O[C@H]([C@H](N=P)[C@@H](C)O[Si](C)(C)C)[C@H](O[Si](C)(C)C)[C@@H](O[Si](C)(C)C)[C@H]1O[Si](C)(C)C. The Bertz CT molecular complexity index is 636. The molecule has 7 atom stereocenters. The van der Waals surface area contributed by atoms with E-state index in [0.29, 0.717) is 0 Å². The van der Waals surface area contributed by atoms with Crippen LogP contribution in [-0.2, 0) is 22.4 Å². The van der Waals surface area contributed by atoms with E-state index in [9.17, 15) is 0 Å². The summed E-state index contributed by atoms with van der Waals surface area (Å²) in [5.74, 6) is 0. The molecule has 0 spiro atoms. The van der Waals surface area contributed by atoms with Crippen LogP contribution in [0.2, 0.25) is 78.6 Å². The van der Waals surface area contributed by atoms with E-state index in [2.05, 4.69) is 106 Å². The van der Waals surface area contributed by atoms with Gasteiger partial charge < -0.3 is 22.4 Å². The van der Waals surface area contributed by atoms with Crippen molar-refractivity contribution in [2.75, 3.05) is 6.26 Å². The molecule has 33 heavy (non-hydrogen) atoms. The lowest BCUT2D eigenvalue weighted by Gasteiger charge is -2.52. The van der Waals surface area contributed by atoms with Crippen LogP contribution in [0, 0.1) is 0 Å². The first kappa shape index (κ1) is 32.1. The second kappa shape index (κ2) is 12.1. The van der Waals surface area contributed by atoms with Gasteiger partial charge in [-0.05, 0) is 101 Å². The van der Waals surface area contributed by atoms with Gasteiger partial charge in [0.05, 0.1) is 6.10 Å². The lowest BCUT2D eigenvalue weighted by atomic mass is 9.93. The average molecular weight is 572 g/mol. The molecule has 0 amide bonds. The van der Waals surface area contributed by atoms with E-state index in [1.165, 1.54) is 0 Å². The minimum absolute atomic E-state index is 0.114. The van der Waals surface area contributed by atoms with Crippen LogP contribution in [-0.4, -0.2) is 81.5 Å². The fraction of sp³-hybridized carbons (Fsp3) is 1.00. The van der Waals surface area contributed by atoms with E-state index in [0.717, 1.165) is 0 Å². The van der Waals surface area contributed by atoms with Crippen molar-refractivity contribution in [1.29, 1.82) is 0 Å². The summed E-state index contributed by atoms with van der Waals surface area (Å²) < 4.78 is 38.3. The number of ether oxygens (including phenoxy) is 1. The highest BCUT2D eigenvalue weighted by atomic mass is 32.2. The zero-order valence-electron chi connectivity index (χ0n) is 23.4. The maximum atomic E-state index is 6.88. The van der Waals surface area contributed by atoms with Gasteiger partial charge in [-0.2, -0.15) is 0 Å². The summed E-state index contributed by atoms with van der Waals surface area (Å²) in [5.41, 5.74) is -0.167. The number of thioether (sulfide) groups is 1. The quantitative estimate of drug-likeness (QED) is 0.193. The smallest absolute Gasteiger partial charge is 0.184 e. The first-order chi connectivity index (χ1) is 14.7. The first-order valence-electron chi connectivity index (χ1n) is 11.9. The highest BCUT2D eigenvalue weighted by Gasteiger charge is 2.54. The summed E-state index contributed by atoms with van der Waals surface area (Å²) in [6.45, 7) is 28.7. The van der Waals surface area contributed by atoms with E-state index in [1.807, 2.05) is 0 Å². The van der Waals surface area contributed by atoms with Crippen molar-refractivity contribution in [3.05, 3.63) is 0 Å². The zero-order chi connectivity index (χ0) is 26.0. The van der Waals surface area contributed by atoms with Crippen LogP contribution in [0.25, 0.3) is 0 Å². The zero-order valence-corrected chi connectivity index (χ0v) is 29.3. The van der Waals surface area contributed by atoms with E-state index >= 15 is 0 Å². The highest BCUT2D eigenvalue weighted by Crippen LogP contribution is 2.39. The largest absolute Gasteiger partial charge is 0.413 e. The summed E-state index contributed by atoms with van der Waals surface area (Å²) in [4.78, 5) is 0. The van der Waals surface area contributed by atoms with Gasteiger partial charge in [-0.25, -0.2) is 0 Å². The van der Waals surface area contributed by atoms with Gasteiger partial charge in [0.2, 0.25) is 0 Å². The maximum Gasteiger partial charge on any atom is 0.184 e. The molecule has 1 aliphatic rings. The first-order valence-corrected chi connectivity index (χ1v) is 27.3. The van der Waals surface area contributed by atoms with Gasteiger partial charge in [0.15, 0.2) is 33.3 Å². The molecule has 1 heterocycles. The summed E-state index contributed by atoms with van der Waals surface area (Å²) in [6, 6.07) is -0.232. The third-order valence-electron chi connectivity index (χ3n) is 4.74. The van der Waals surface area contributed by atoms with Crippen LogP contribution >= 0.6 is 20.8 Å². The Morgan fingerprint density at radius 1 is 0.727 bits per heavy atom. The van der Waals surface area contributed by atoms with E-state index < -0.39 is 33.3 Å². The number of hydrogen-bond acceptors (Lipinski definition) is 7. The van der Waals surface area contributed by atoms with E-state index in [4.69, 9.17) is 22.4 Å². The Labute approximate surface area is 214 Å². The molecule has 1 saturated heterocycles. The van der Waals surface area contributed by atoms with Gasteiger partial charge >= 0.3 is 0 Å². The van der Waals surface area contributed by atoms with E-state index in [-0.39, 0.29) is 42.0 Å². The summed E-state index contributed by atoms with van der Waals surface area (Å²) in [5, 5.41) is 0. The van der Waals surface area contributed by atoms with Crippen LogP contribution in [0.5, 0.6) is 0 Å². The highest BCUT2D eigenvalue weighted by molar-refractivity contribution is 7.99. The topological polar surface area (TPSA) is 58.5 Å². The minimum Gasteiger partial charge on any atom is -0.413 e. The van der Waals surface area contributed by atoms with Gasteiger partial charge in [-0.15, -0.1) is 11.8 Å². The van der Waals surface area contributed by atoms with Gasteiger partial charge in [0.25, 0.3) is 0 Å². The molecule has 0 aromatic rings. The molecule has 0 aliphatic carbocycles. The van der Waals surface area contributed by atoms with Crippen LogP contribution in [0.4, 0.5) is 0 Å². The Morgan fingerprint density at radius 3 is 1.52 bits per heavy atom. The van der Waals surface area contributed by atoms with Crippen molar-refractivity contribution in [3.8, 4) is 0 Å². The Morgan fingerprint density at radius 2 is 1.15 bits per heavy atom. The summed E-state index contributed by atoms with van der Waals surface area (Å²) in [6.07, 6.45) is 0.958. The molecule has 0 aromatic heterocycles. The van der Waals surface area contributed by atoms with Crippen molar-refractivity contribution in [2.45, 2.75) is 127 Å². The third kappa shape index (κ3) is 11.4. The summed E-state index contributed by atoms with van der Waals surface area (Å²) in [7, 11) is -4.04. The minimum atomic E-state index is -1.95. The van der Waals surface area contributed by atoms with Crippen LogP contribution in [0.15, 0.2) is 4.74 Å². The molecule has 6 nitrogen and oxygen atoms in total. The maximum absolute atomic E-state index is 6.88.